The fourth-order valence-corrected chi connectivity index (χ4v) is 2.94. The molecular formula is C14H30N2. The zero-order valence-electron chi connectivity index (χ0n) is 11.8. The van der Waals surface area contributed by atoms with Crippen LogP contribution in [-0.2, 0) is 0 Å². The van der Waals surface area contributed by atoms with Gasteiger partial charge in [0, 0.05) is 24.7 Å². The Labute approximate surface area is 102 Å². The lowest BCUT2D eigenvalue weighted by Crippen LogP contribution is -2.42. The second-order valence-electron chi connectivity index (χ2n) is 5.91. The molecule has 0 aromatic rings. The Morgan fingerprint density at radius 1 is 1.19 bits per heavy atom. The quantitative estimate of drug-likeness (QED) is 0.749. The Morgan fingerprint density at radius 3 is 2.38 bits per heavy atom. The number of hydrogen-bond acceptors (Lipinski definition) is 2. The van der Waals surface area contributed by atoms with Gasteiger partial charge in [0.1, 0.15) is 0 Å². The van der Waals surface area contributed by atoms with Crippen molar-refractivity contribution in [1.82, 2.24) is 10.2 Å². The minimum Gasteiger partial charge on any atom is -0.314 e. The molecule has 0 saturated heterocycles. The van der Waals surface area contributed by atoms with Gasteiger partial charge in [0.15, 0.2) is 0 Å². The van der Waals surface area contributed by atoms with Crippen LogP contribution in [0.1, 0.15) is 53.9 Å². The van der Waals surface area contributed by atoms with Crippen LogP contribution in [0.25, 0.3) is 0 Å². The van der Waals surface area contributed by atoms with E-state index in [1.807, 2.05) is 0 Å². The van der Waals surface area contributed by atoms with Crippen LogP contribution in [0.5, 0.6) is 0 Å². The van der Waals surface area contributed by atoms with Gasteiger partial charge in [-0.05, 0) is 45.6 Å². The summed E-state index contributed by atoms with van der Waals surface area (Å²) in [4.78, 5) is 2.71. The van der Waals surface area contributed by atoms with E-state index in [1.54, 1.807) is 0 Å². The van der Waals surface area contributed by atoms with Crippen molar-refractivity contribution in [3.8, 4) is 0 Å². The molecule has 0 amide bonds. The number of nitrogens with one attached hydrogen (secondary N) is 1. The molecule has 16 heavy (non-hydrogen) atoms. The monoisotopic (exact) mass is 226 g/mol. The van der Waals surface area contributed by atoms with E-state index in [9.17, 15) is 0 Å². The lowest BCUT2D eigenvalue weighted by atomic mass is 10.1. The largest absolute Gasteiger partial charge is 0.314 e. The standard InChI is InChI=1S/C14H30N2/c1-6-15-13-7-8-14(9-13)16(12(4)5)10-11(2)3/h11-15H,6-10H2,1-5H3. The van der Waals surface area contributed by atoms with Crippen molar-refractivity contribution in [1.29, 1.82) is 0 Å². The Balaban J connectivity index is 2.47. The van der Waals surface area contributed by atoms with Gasteiger partial charge in [-0.15, -0.1) is 0 Å². The van der Waals surface area contributed by atoms with Crippen molar-refractivity contribution in [2.24, 2.45) is 5.92 Å². The Morgan fingerprint density at radius 2 is 1.88 bits per heavy atom. The topological polar surface area (TPSA) is 15.3 Å². The molecule has 0 aromatic heterocycles. The molecule has 2 heteroatoms. The van der Waals surface area contributed by atoms with Crippen molar-refractivity contribution >= 4 is 0 Å². The van der Waals surface area contributed by atoms with Gasteiger partial charge in [-0.2, -0.15) is 0 Å². The van der Waals surface area contributed by atoms with Gasteiger partial charge in [-0.3, -0.25) is 4.90 Å². The first-order valence-corrected chi connectivity index (χ1v) is 7.03. The molecule has 2 unspecified atom stereocenters. The summed E-state index contributed by atoms with van der Waals surface area (Å²) in [5.74, 6) is 0.778. The van der Waals surface area contributed by atoms with Gasteiger partial charge < -0.3 is 5.32 Å². The molecule has 1 saturated carbocycles. The second-order valence-corrected chi connectivity index (χ2v) is 5.91. The summed E-state index contributed by atoms with van der Waals surface area (Å²) in [5.41, 5.74) is 0. The average molecular weight is 226 g/mol. The molecular weight excluding hydrogens is 196 g/mol. The van der Waals surface area contributed by atoms with E-state index in [-0.39, 0.29) is 0 Å². The van der Waals surface area contributed by atoms with Crippen LogP contribution in [-0.4, -0.2) is 36.1 Å². The lowest BCUT2D eigenvalue weighted by Gasteiger charge is -2.34. The SMILES string of the molecule is CCNC1CCC(N(CC(C)C)C(C)C)C1. The van der Waals surface area contributed by atoms with Gasteiger partial charge in [-0.25, -0.2) is 0 Å². The maximum Gasteiger partial charge on any atom is 0.0113 e. The zero-order chi connectivity index (χ0) is 12.1. The van der Waals surface area contributed by atoms with E-state index in [4.69, 9.17) is 0 Å². The Hall–Kier alpha value is -0.0800. The molecule has 0 spiro atoms. The third-order valence-electron chi connectivity index (χ3n) is 3.61. The van der Waals surface area contributed by atoms with E-state index in [0.717, 1.165) is 24.5 Å². The predicted octanol–water partition coefficient (Wildman–Crippen LogP) is 2.88. The first-order valence-electron chi connectivity index (χ1n) is 7.03. The zero-order valence-corrected chi connectivity index (χ0v) is 11.8. The number of hydrogen-bond donors (Lipinski definition) is 1. The predicted molar refractivity (Wildman–Crippen MR) is 71.8 cm³/mol. The molecule has 96 valence electrons. The van der Waals surface area contributed by atoms with Gasteiger partial charge in [0.2, 0.25) is 0 Å². The first-order chi connectivity index (χ1) is 7.54. The molecule has 1 N–H and O–H groups in total. The Bertz CT molecular complexity index is 189. The fraction of sp³-hybridized carbons (Fsp3) is 1.00. The van der Waals surface area contributed by atoms with Crippen LogP contribution in [0, 0.1) is 5.92 Å². The van der Waals surface area contributed by atoms with E-state index in [1.165, 1.54) is 25.8 Å². The van der Waals surface area contributed by atoms with Gasteiger partial charge in [0.05, 0.1) is 0 Å². The van der Waals surface area contributed by atoms with Gasteiger partial charge >= 0.3 is 0 Å². The highest BCUT2D eigenvalue weighted by atomic mass is 15.2. The summed E-state index contributed by atoms with van der Waals surface area (Å²) in [7, 11) is 0. The van der Waals surface area contributed by atoms with Crippen molar-refractivity contribution < 1.29 is 0 Å². The van der Waals surface area contributed by atoms with Crippen LogP contribution < -0.4 is 5.32 Å². The highest BCUT2D eigenvalue weighted by Crippen LogP contribution is 2.26. The number of rotatable bonds is 6. The third kappa shape index (κ3) is 4.06. The molecule has 2 atom stereocenters. The summed E-state index contributed by atoms with van der Waals surface area (Å²) < 4.78 is 0. The molecule has 0 aliphatic heterocycles. The van der Waals surface area contributed by atoms with Crippen molar-refractivity contribution in [2.45, 2.75) is 72.0 Å². The smallest absolute Gasteiger partial charge is 0.0113 e. The third-order valence-corrected chi connectivity index (χ3v) is 3.61. The van der Waals surface area contributed by atoms with Crippen LogP contribution in [0.2, 0.25) is 0 Å². The maximum atomic E-state index is 3.59. The van der Waals surface area contributed by atoms with E-state index in [2.05, 4.69) is 44.8 Å². The minimum absolute atomic E-state index is 0.688. The molecule has 1 aliphatic rings. The summed E-state index contributed by atoms with van der Waals surface area (Å²) in [6, 6.07) is 2.27. The summed E-state index contributed by atoms with van der Waals surface area (Å²) >= 11 is 0. The van der Waals surface area contributed by atoms with E-state index < -0.39 is 0 Å². The van der Waals surface area contributed by atoms with Crippen LogP contribution in [0.4, 0.5) is 0 Å². The molecule has 2 nitrogen and oxygen atoms in total. The first kappa shape index (κ1) is 14.0. The highest BCUT2D eigenvalue weighted by molar-refractivity contribution is 4.88. The van der Waals surface area contributed by atoms with Crippen LogP contribution in [0.3, 0.4) is 0 Å². The molecule has 0 aromatic carbocycles. The summed E-state index contributed by atoms with van der Waals surface area (Å²) in [5, 5.41) is 3.59. The molecule has 1 aliphatic carbocycles. The normalized spacial score (nSPS) is 26.2. The van der Waals surface area contributed by atoms with Crippen molar-refractivity contribution in [2.75, 3.05) is 13.1 Å². The van der Waals surface area contributed by atoms with E-state index in [0.29, 0.717) is 6.04 Å². The fourth-order valence-electron chi connectivity index (χ4n) is 2.94. The minimum atomic E-state index is 0.688. The van der Waals surface area contributed by atoms with E-state index >= 15 is 0 Å². The van der Waals surface area contributed by atoms with Gasteiger partial charge in [-0.1, -0.05) is 20.8 Å². The average Bonchev–Trinajstić information content (AvgIpc) is 2.62. The van der Waals surface area contributed by atoms with Crippen LogP contribution in [0.15, 0.2) is 0 Å². The molecule has 1 fully saturated rings. The second kappa shape index (κ2) is 6.61. The molecule has 0 heterocycles. The Kier molecular flexibility index (Phi) is 5.77. The number of nitrogens with zero attached hydrogens (tertiary/aromatic N) is 1. The molecule has 0 bridgehead atoms. The summed E-state index contributed by atoms with van der Waals surface area (Å²) in [6.07, 6.45) is 4.08. The van der Waals surface area contributed by atoms with Crippen molar-refractivity contribution in [3.63, 3.8) is 0 Å². The maximum absolute atomic E-state index is 3.59. The highest BCUT2D eigenvalue weighted by Gasteiger charge is 2.30. The molecule has 1 rings (SSSR count). The summed E-state index contributed by atoms with van der Waals surface area (Å²) in [6.45, 7) is 13.9. The van der Waals surface area contributed by atoms with Gasteiger partial charge in [0.25, 0.3) is 0 Å². The van der Waals surface area contributed by atoms with Crippen molar-refractivity contribution in [3.05, 3.63) is 0 Å². The van der Waals surface area contributed by atoms with Crippen LogP contribution >= 0.6 is 0 Å². The lowest BCUT2D eigenvalue weighted by molar-refractivity contribution is 0.135. The molecule has 0 radical (unpaired) electrons.